The second-order valence-electron chi connectivity index (χ2n) is 6.08. The number of amides is 2. The Morgan fingerprint density at radius 2 is 1.92 bits per heavy atom. The molecule has 0 radical (unpaired) electrons. The van der Waals surface area contributed by atoms with Gasteiger partial charge >= 0.3 is 0 Å². The zero-order valence-electron chi connectivity index (χ0n) is 14.1. The van der Waals surface area contributed by atoms with Gasteiger partial charge in [0.2, 0.25) is 5.91 Å². The largest absolute Gasteiger partial charge is 0.548 e. The molecule has 0 bridgehead atoms. The van der Waals surface area contributed by atoms with Crippen LogP contribution in [0.25, 0.3) is 10.9 Å². The van der Waals surface area contributed by atoms with Crippen LogP contribution in [-0.4, -0.2) is 34.9 Å². The van der Waals surface area contributed by atoms with Crippen LogP contribution in [0.4, 0.5) is 4.39 Å². The summed E-state index contributed by atoms with van der Waals surface area (Å²) in [5.41, 5.74) is 0.938. The van der Waals surface area contributed by atoms with E-state index in [1.165, 1.54) is 18.2 Å². The molecular formula is C17H19FN3O4-. The van der Waals surface area contributed by atoms with E-state index < -0.39 is 36.2 Å². The second-order valence-corrected chi connectivity index (χ2v) is 6.08. The van der Waals surface area contributed by atoms with Crippen molar-refractivity contribution in [3.8, 4) is 0 Å². The number of hydrogen-bond acceptors (Lipinski definition) is 4. The molecule has 2 amide bonds. The van der Waals surface area contributed by atoms with Crippen LogP contribution in [0.5, 0.6) is 0 Å². The molecule has 1 aromatic heterocycles. The SMILES string of the molecule is CC(C)[C@H](NC(=O)c1cc2cc(F)ccc2n1C)C(=O)NCC(=O)[O-]. The first-order valence-electron chi connectivity index (χ1n) is 7.74. The van der Waals surface area contributed by atoms with Gasteiger partial charge in [-0.05, 0) is 30.2 Å². The lowest BCUT2D eigenvalue weighted by Gasteiger charge is -2.22. The molecule has 2 aromatic rings. The third-order valence-electron chi connectivity index (χ3n) is 3.88. The van der Waals surface area contributed by atoms with Gasteiger partial charge in [0.05, 0.1) is 12.5 Å². The van der Waals surface area contributed by atoms with Crippen LogP contribution in [0.2, 0.25) is 0 Å². The Bertz CT molecular complexity index is 829. The fourth-order valence-electron chi connectivity index (χ4n) is 2.56. The predicted octanol–water partition coefficient (Wildman–Crippen LogP) is -0.0621. The highest BCUT2D eigenvalue weighted by atomic mass is 19.1. The van der Waals surface area contributed by atoms with E-state index >= 15 is 0 Å². The van der Waals surface area contributed by atoms with Crippen molar-refractivity contribution in [2.75, 3.05) is 6.54 Å². The quantitative estimate of drug-likeness (QED) is 0.763. The molecule has 0 aliphatic heterocycles. The smallest absolute Gasteiger partial charge is 0.268 e. The molecule has 0 fully saturated rings. The molecule has 0 aliphatic carbocycles. The topological polar surface area (TPSA) is 103 Å². The molecule has 25 heavy (non-hydrogen) atoms. The molecule has 2 rings (SSSR count). The van der Waals surface area contributed by atoms with Gasteiger partial charge in [-0.15, -0.1) is 0 Å². The highest BCUT2D eigenvalue weighted by molar-refractivity contribution is 6.01. The van der Waals surface area contributed by atoms with E-state index in [0.29, 0.717) is 10.9 Å². The fourth-order valence-corrected chi connectivity index (χ4v) is 2.56. The summed E-state index contributed by atoms with van der Waals surface area (Å²) >= 11 is 0. The van der Waals surface area contributed by atoms with Crippen LogP contribution < -0.4 is 15.7 Å². The first-order chi connectivity index (χ1) is 11.7. The van der Waals surface area contributed by atoms with Crippen LogP contribution >= 0.6 is 0 Å². The molecule has 2 N–H and O–H groups in total. The van der Waals surface area contributed by atoms with E-state index in [0.717, 1.165) is 0 Å². The standard InChI is InChI=1S/C17H20FN3O4/c1-9(2)15(17(25)19-8-14(22)23)20-16(24)13-7-10-6-11(18)4-5-12(10)21(13)3/h4-7,9,15H,8H2,1-3H3,(H,19,25)(H,20,24)(H,22,23)/p-1/t15-/m0/s1. The van der Waals surface area contributed by atoms with Crippen molar-refractivity contribution in [1.82, 2.24) is 15.2 Å². The van der Waals surface area contributed by atoms with Gasteiger partial charge < -0.3 is 25.1 Å². The van der Waals surface area contributed by atoms with Crippen molar-refractivity contribution in [3.05, 3.63) is 35.8 Å². The highest BCUT2D eigenvalue weighted by Gasteiger charge is 2.25. The lowest BCUT2D eigenvalue weighted by molar-refractivity contribution is -0.304. The Morgan fingerprint density at radius 1 is 1.24 bits per heavy atom. The number of aromatic nitrogens is 1. The number of aryl methyl sites for hydroxylation is 1. The van der Waals surface area contributed by atoms with E-state index in [9.17, 15) is 23.9 Å². The lowest BCUT2D eigenvalue weighted by atomic mass is 10.0. The average molecular weight is 348 g/mol. The Morgan fingerprint density at radius 3 is 2.52 bits per heavy atom. The summed E-state index contributed by atoms with van der Waals surface area (Å²) in [4.78, 5) is 35.1. The summed E-state index contributed by atoms with van der Waals surface area (Å²) in [7, 11) is 1.66. The van der Waals surface area contributed by atoms with E-state index in [4.69, 9.17) is 0 Å². The molecule has 0 saturated carbocycles. The van der Waals surface area contributed by atoms with Crippen LogP contribution in [0.3, 0.4) is 0 Å². The first kappa shape index (κ1) is 18.4. The molecule has 1 aromatic carbocycles. The van der Waals surface area contributed by atoms with E-state index in [1.54, 1.807) is 31.5 Å². The van der Waals surface area contributed by atoms with Crippen molar-refractivity contribution in [2.24, 2.45) is 13.0 Å². The molecule has 0 saturated heterocycles. The van der Waals surface area contributed by atoms with Gasteiger partial charge in [0, 0.05) is 18.0 Å². The zero-order valence-corrected chi connectivity index (χ0v) is 14.1. The fraction of sp³-hybridized carbons (Fsp3) is 0.353. The maximum atomic E-state index is 13.3. The highest BCUT2D eigenvalue weighted by Crippen LogP contribution is 2.20. The molecule has 7 nitrogen and oxygen atoms in total. The van der Waals surface area contributed by atoms with E-state index in [2.05, 4.69) is 10.6 Å². The minimum atomic E-state index is -1.42. The van der Waals surface area contributed by atoms with Crippen molar-refractivity contribution in [2.45, 2.75) is 19.9 Å². The number of benzene rings is 1. The molecule has 134 valence electrons. The minimum Gasteiger partial charge on any atom is -0.548 e. The Kier molecular flexibility index (Phi) is 5.41. The van der Waals surface area contributed by atoms with Gasteiger partial charge in [0.15, 0.2) is 0 Å². The molecule has 0 unspecified atom stereocenters. The number of hydrogen-bond donors (Lipinski definition) is 2. The average Bonchev–Trinajstić information content (AvgIpc) is 2.86. The van der Waals surface area contributed by atoms with Gasteiger partial charge in [0.25, 0.3) is 5.91 Å². The Hall–Kier alpha value is -2.90. The number of rotatable bonds is 6. The van der Waals surface area contributed by atoms with E-state index in [1.807, 2.05) is 0 Å². The minimum absolute atomic E-state index is 0.263. The van der Waals surface area contributed by atoms with Gasteiger partial charge in [-0.25, -0.2) is 4.39 Å². The van der Waals surface area contributed by atoms with Gasteiger partial charge in [-0.3, -0.25) is 9.59 Å². The van der Waals surface area contributed by atoms with Crippen molar-refractivity contribution >= 4 is 28.7 Å². The van der Waals surface area contributed by atoms with Gasteiger partial charge in [-0.1, -0.05) is 13.8 Å². The van der Waals surface area contributed by atoms with Crippen LogP contribution in [-0.2, 0) is 16.6 Å². The third kappa shape index (κ3) is 4.14. The number of fused-ring (bicyclic) bond motifs is 1. The van der Waals surface area contributed by atoms with Crippen LogP contribution in [0.15, 0.2) is 24.3 Å². The molecule has 8 heteroatoms. The maximum Gasteiger partial charge on any atom is 0.268 e. The zero-order chi connectivity index (χ0) is 18.7. The molecule has 1 heterocycles. The summed E-state index contributed by atoms with van der Waals surface area (Å²) < 4.78 is 14.9. The Balaban J connectivity index is 2.22. The summed E-state index contributed by atoms with van der Waals surface area (Å²) in [6.07, 6.45) is 0. The number of carbonyl (C=O) groups is 3. The summed E-state index contributed by atoms with van der Waals surface area (Å²) in [5, 5.41) is 15.8. The number of halogens is 1. The number of aliphatic carboxylic acids is 1. The molecule has 1 atom stereocenters. The van der Waals surface area contributed by atoms with Crippen molar-refractivity contribution in [1.29, 1.82) is 0 Å². The number of carbonyl (C=O) groups excluding carboxylic acids is 3. The van der Waals surface area contributed by atoms with Crippen LogP contribution in [0.1, 0.15) is 24.3 Å². The van der Waals surface area contributed by atoms with Gasteiger partial charge in [-0.2, -0.15) is 0 Å². The van der Waals surface area contributed by atoms with Gasteiger partial charge in [0.1, 0.15) is 17.6 Å². The molecular weight excluding hydrogens is 329 g/mol. The number of carboxylic acid groups (broad SMARTS) is 1. The van der Waals surface area contributed by atoms with Crippen molar-refractivity contribution < 1.29 is 23.9 Å². The van der Waals surface area contributed by atoms with E-state index in [-0.39, 0.29) is 11.6 Å². The lowest BCUT2D eigenvalue weighted by Crippen LogP contribution is -2.51. The van der Waals surface area contributed by atoms with Crippen molar-refractivity contribution in [3.63, 3.8) is 0 Å². The predicted molar refractivity (Wildman–Crippen MR) is 87.0 cm³/mol. The summed E-state index contributed by atoms with van der Waals surface area (Å²) in [5.74, 6) is -3.22. The third-order valence-corrected chi connectivity index (χ3v) is 3.88. The normalized spacial score (nSPS) is 12.2. The first-order valence-corrected chi connectivity index (χ1v) is 7.74. The number of nitrogens with zero attached hydrogens (tertiary/aromatic N) is 1. The number of nitrogens with one attached hydrogen (secondary N) is 2. The molecule has 0 spiro atoms. The maximum absolute atomic E-state index is 13.3. The second kappa shape index (κ2) is 7.33. The molecule has 0 aliphatic rings. The summed E-state index contributed by atoms with van der Waals surface area (Å²) in [6, 6.07) is 4.80. The monoisotopic (exact) mass is 348 g/mol. The Labute approximate surface area is 143 Å². The number of carboxylic acids is 1. The van der Waals surface area contributed by atoms with Crippen LogP contribution in [0, 0.1) is 11.7 Å². The summed E-state index contributed by atoms with van der Waals surface area (Å²) in [6.45, 7) is 2.81.